The first kappa shape index (κ1) is 21.7. The number of hydrogen-bond acceptors (Lipinski definition) is 4. The summed E-state index contributed by atoms with van der Waals surface area (Å²) < 4.78 is 38.9. The quantitative estimate of drug-likeness (QED) is 0.694. The van der Waals surface area contributed by atoms with Crippen LogP contribution >= 0.6 is 0 Å². The van der Waals surface area contributed by atoms with Crippen LogP contribution in [0.4, 0.5) is 15.8 Å². The summed E-state index contributed by atoms with van der Waals surface area (Å²) in [5.74, 6) is -0.864. The lowest BCUT2D eigenvalue weighted by molar-refractivity contribution is -0.122. The molecule has 0 aromatic heterocycles. The van der Waals surface area contributed by atoms with E-state index in [4.69, 9.17) is 0 Å². The molecule has 8 heteroatoms. The zero-order valence-corrected chi connectivity index (χ0v) is 17.1. The van der Waals surface area contributed by atoms with Crippen molar-refractivity contribution in [2.75, 3.05) is 35.6 Å². The van der Waals surface area contributed by atoms with Crippen molar-refractivity contribution in [3.8, 4) is 0 Å². The van der Waals surface area contributed by atoms with Crippen LogP contribution < -0.4 is 14.5 Å². The molecule has 28 heavy (non-hydrogen) atoms. The zero-order chi connectivity index (χ0) is 20.7. The van der Waals surface area contributed by atoms with Crippen LogP contribution in [0.1, 0.15) is 13.3 Å². The van der Waals surface area contributed by atoms with Gasteiger partial charge in [0.1, 0.15) is 11.9 Å². The molecule has 6 nitrogen and oxygen atoms in total. The standard InChI is InChI=1S/C20H26FN3O3S/c1-4-19(24(28(3,26)27)18-12-10-16(21)11-13-18)20(25)22-14-15-23(2)17-8-6-5-7-9-17/h5-13,19H,4,14-15H2,1-3H3,(H,22,25)/t19-/m0/s1. The van der Waals surface area contributed by atoms with Gasteiger partial charge in [0.05, 0.1) is 11.9 Å². The Labute approximate surface area is 166 Å². The average Bonchev–Trinajstić information content (AvgIpc) is 2.66. The van der Waals surface area contributed by atoms with Gasteiger partial charge < -0.3 is 10.2 Å². The highest BCUT2D eigenvalue weighted by Gasteiger charge is 2.31. The highest BCUT2D eigenvalue weighted by molar-refractivity contribution is 7.92. The van der Waals surface area contributed by atoms with Gasteiger partial charge in [-0.3, -0.25) is 9.10 Å². The second-order valence-electron chi connectivity index (χ2n) is 6.51. The second kappa shape index (κ2) is 9.54. The van der Waals surface area contributed by atoms with Gasteiger partial charge >= 0.3 is 0 Å². The number of amides is 1. The molecule has 0 aliphatic heterocycles. The van der Waals surface area contributed by atoms with Gasteiger partial charge in [0.15, 0.2) is 0 Å². The van der Waals surface area contributed by atoms with Crippen molar-refractivity contribution in [3.05, 3.63) is 60.4 Å². The third-order valence-electron chi connectivity index (χ3n) is 4.35. The first-order valence-corrected chi connectivity index (χ1v) is 10.9. The molecule has 1 amide bonds. The molecule has 152 valence electrons. The maximum Gasteiger partial charge on any atom is 0.243 e. The van der Waals surface area contributed by atoms with Crippen LogP contribution in [0.15, 0.2) is 54.6 Å². The molecule has 0 saturated carbocycles. The Morgan fingerprint density at radius 3 is 2.21 bits per heavy atom. The Bertz CT molecular complexity index is 873. The van der Waals surface area contributed by atoms with Gasteiger partial charge in [-0.2, -0.15) is 0 Å². The van der Waals surface area contributed by atoms with Gasteiger partial charge in [-0.05, 0) is 42.8 Å². The summed E-state index contributed by atoms with van der Waals surface area (Å²) in [6.07, 6.45) is 1.32. The van der Waals surface area contributed by atoms with Crippen LogP contribution in [0.25, 0.3) is 0 Å². The highest BCUT2D eigenvalue weighted by Crippen LogP contribution is 2.22. The smallest absolute Gasteiger partial charge is 0.243 e. The summed E-state index contributed by atoms with van der Waals surface area (Å²) in [6.45, 7) is 2.67. The summed E-state index contributed by atoms with van der Waals surface area (Å²) in [7, 11) is -1.82. The number of hydrogen-bond donors (Lipinski definition) is 1. The minimum Gasteiger partial charge on any atom is -0.373 e. The lowest BCUT2D eigenvalue weighted by atomic mass is 10.2. The average molecular weight is 408 g/mol. The molecule has 1 N–H and O–H groups in total. The number of halogens is 1. The van der Waals surface area contributed by atoms with Gasteiger partial charge in [0.2, 0.25) is 15.9 Å². The van der Waals surface area contributed by atoms with E-state index in [1.807, 2.05) is 42.3 Å². The Kier molecular flexibility index (Phi) is 7.39. The van der Waals surface area contributed by atoms with Crippen LogP contribution in [0.5, 0.6) is 0 Å². The Hall–Kier alpha value is -2.61. The molecule has 0 saturated heterocycles. The molecular weight excluding hydrogens is 381 g/mol. The monoisotopic (exact) mass is 407 g/mol. The van der Waals surface area contributed by atoms with E-state index in [-0.39, 0.29) is 12.1 Å². The Balaban J connectivity index is 2.08. The number of sulfonamides is 1. The molecule has 0 aliphatic rings. The number of anilines is 2. The first-order chi connectivity index (χ1) is 13.2. The van der Waals surface area contributed by atoms with Crippen molar-refractivity contribution in [2.45, 2.75) is 19.4 Å². The second-order valence-corrected chi connectivity index (χ2v) is 8.37. The van der Waals surface area contributed by atoms with Crippen molar-refractivity contribution in [3.63, 3.8) is 0 Å². The third-order valence-corrected chi connectivity index (χ3v) is 5.53. The van der Waals surface area contributed by atoms with Crippen LogP contribution in [0.2, 0.25) is 0 Å². The van der Waals surface area contributed by atoms with Crippen molar-refractivity contribution in [1.29, 1.82) is 0 Å². The van der Waals surface area contributed by atoms with Gasteiger partial charge in [-0.1, -0.05) is 25.1 Å². The maximum absolute atomic E-state index is 13.2. The summed E-state index contributed by atoms with van der Waals surface area (Å²) in [6, 6.07) is 13.9. The molecule has 2 aromatic rings. The fourth-order valence-electron chi connectivity index (χ4n) is 2.92. The van der Waals surface area contributed by atoms with Crippen LogP contribution in [-0.4, -0.2) is 46.8 Å². The van der Waals surface area contributed by atoms with Crippen LogP contribution in [0, 0.1) is 5.82 Å². The minimum atomic E-state index is -3.73. The van der Waals surface area contributed by atoms with Crippen molar-refractivity contribution in [1.82, 2.24) is 5.32 Å². The zero-order valence-electron chi connectivity index (χ0n) is 16.3. The van der Waals surface area contributed by atoms with E-state index in [1.165, 1.54) is 24.3 Å². The number of likely N-dealkylation sites (N-methyl/N-ethyl adjacent to an activating group) is 1. The van der Waals surface area contributed by atoms with Gasteiger partial charge in [-0.25, -0.2) is 12.8 Å². The fraction of sp³-hybridized carbons (Fsp3) is 0.350. The normalized spacial score (nSPS) is 12.3. The largest absolute Gasteiger partial charge is 0.373 e. The fourth-order valence-corrected chi connectivity index (χ4v) is 4.14. The predicted molar refractivity (Wildman–Crippen MR) is 111 cm³/mol. The summed E-state index contributed by atoms with van der Waals surface area (Å²) in [5.41, 5.74) is 1.28. The predicted octanol–water partition coefficient (Wildman–Crippen LogP) is 2.62. The van der Waals surface area contributed by atoms with E-state index in [0.29, 0.717) is 13.1 Å². The SMILES string of the molecule is CC[C@@H](C(=O)NCCN(C)c1ccccc1)N(c1ccc(F)cc1)S(C)(=O)=O. The van der Waals surface area contributed by atoms with E-state index < -0.39 is 27.8 Å². The highest BCUT2D eigenvalue weighted by atomic mass is 32.2. The summed E-state index contributed by atoms with van der Waals surface area (Å²) in [4.78, 5) is 14.7. The molecule has 0 bridgehead atoms. The molecule has 0 spiro atoms. The first-order valence-electron chi connectivity index (χ1n) is 9.03. The van der Waals surface area contributed by atoms with Gasteiger partial charge in [0.25, 0.3) is 0 Å². The molecule has 0 fully saturated rings. The molecule has 0 unspecified atom stereocenters. The van der Waals surface area contributed by atoms with E-state index in [1.54, 1.807) is 6.92 Å². The third kappa shape index (κ3) is 5.69. The lowest BCUT2D eigenvalue weighted by Gasteiger charge is -2.30. The molecule has 0 heterocycles. The molecule has 0 radical (unpaired) electrons. The topological polar surface area (TPSA) is 69.7 Å². The number of nitrogens with zero attached hydrogens (tertiary/aromatic N) is 2. The number of carbonyl (C=O) groups is 1. The van der Waals surface area contributed by atoms with E-state index >= 15 is 0 Å². The van der Waals surface area contributed by atoms with E-state index in [0.717, 1.165) is 16.2 Å². The van der Waals surface area contributed by atoms with E-state index in [9.17, 15) is 17.6 Å². The molecule has 1 atom stereocenters. The van der Waals surface area contributed by atoms with Crippen molar-refractivity contribution >= 4 is 27.3 Å². The molecule has 2 aromatic carbocycles. The summed E-state index contributed by atoms with van der Waals surface area (Å²) >= 11 is 0. The number of para-hydroxylation sites is 1. The summed E-state index contributed by atoms with van der Waals surface area (Å²) in [5, 5.41) is 2.81. The molecule has 2 rings (SSSR count). The van der Waals surface area contributed by atoms with Crippen molar-refractivity contribution in [2.24, 2.45) is 0 Å². The van der Waals surface area contributed by atoms with Crippen LogP contribution in [0.3, 0.4) is 0 Å². The van der Waals surface area contributed by atoms with Gasteiger partial charge in [-0.15, -0.1) is 0 Å². The number of rotatable bonds is 9. The van der Waals surface area contributed by atoms with Crippen LogP contribution in [-0.2, 0) is 14.8 Å². The molecular formula is C20H26FN3O3S. The maximum atomic E-state index is 13.2. The number of nitrogens with one attached hydrogen (secondary N) is 1. The molecule has 0 aliphatic carbocycles. The number of benzene rings is 2. The lowest BCUT2D eigenvalue weighted by Crippen LogP contribution is -2.50. The number of carbonyl (C=O) groups excluding carboxylic acids is 1. The van der Waals surface area contributed by atoms with Crippen molar-refractivity contribution < 1.29 is 17.6 Å². The van der Waals surface area contributed by atoms with E-state index in [2.05, 4.69) is 5.32 Å². The Morgan fingerprint density at radius 1 is 1.07 bits per heavy atom. The Morgan fingerprint density at radius 2 is 1.68 bits per heavy atom. The minimum absolute atomic E-state index is 0.257. The van der Waals surface area contributed by atoms with Gasteiger partial charge in [0, 0.05) is 25.8 Å².